The average molecular weight is 1050 g/mol. The summed E-state index contributed by atoms with van der Waals surface area (Å²) in [5, 5.41) is 87.0. The van der Waals surface area contributed by atoms with Gasteiger partial charge in [-0.2, -0.15) is 0 Å². The van der Waals surface area contributed by atoms with Gasteiger partial charge >= 0.3 is 0 Å². The Balaban J connectivity index is 1.77. The van der Waals surface area contributed by atoms with Crippen molar-refractivity contribution in [3.8, 4) is 0 Å². The fourth-order valence-electron chi connectivity index (χ4n) is 9.09. The maximum absolute atomic E-state index is 13.2. The summed E-state index contributed by atoms with van der Waals surface area (Å²) in [6, 6.07) is -0.943. The third-order valence-corrected chi connectivity index (χ3v) is 13.8. The summed E-state index contributed by atoms with van der Waals surface area (Å²) in [7, 11) is 0. The van der Waals surface area contributed by atoms with E-state index in [1.165, 1.54) is 109 Å². The first kappa shape index (κ1) is 67.5. The molecular formula is C60H105NO13. The summed E-state index contributed by atoms with van der Waals surface area (Å²) in [6.07, 6.45) is 42.2. The molecule has 0 aliphatic carbocycles. The lowest BCUT2D eigenvalue weighted by Gasteiger charge is -2.46. The van der Waals surface area contributed by atoms with Crippen LogP contribution in [0.25, 0.3) is 0 Å². The van der Waals surface area contributed by atoms with Gasteiger partial charge in [-0.25, -0.2) is 0 Å². The molecule has 0 spiro atoms. The van der Waals surface area contributed by atoms with Crippen LogP contribution in [0.2, 0.25) is 0 Å². The highest BCUT2D eigenvalue weighted by atomic mass is 16.7. The van der Waals surface area contributed by atoms with Crippen LogP contribution in [0.4, 0.5) is 0 Å². The maximum Gasteiger partial charge on any atom is 0.220 e. The van der Waals surface area contributed by atoms with E-state index in [-0.39, 0.29) is 18.9 Å². The summed E-state index contributed by atoms with van der Waals surface area (Å²) < 4.78 is 22.7. The van der Waals surface area contributed by atoms with Gasteiger partial charge in [0, 0.05) is 6.42 Å². The van der Waals surface area contributed by atoms with E-state index in [1.807, 2.05) is 6.08 Å². The molecule has 14 nitrogen and oxygen atoms in total. The molecule has 2 fully saturated rings. The molecule has 9 N–H and O–H groups in total. The SMILES string of the molecule is CCCCCCC/C=C\C/C=C\C/C=C\CCCCCCCCCCCCC(=O)NC(COC1OC(CO)C(OC2OC(CO)C(O)C(O)C2O)C(O)C1O)C(O)/C=C/CC/C=C/CC/C=C/CCCCCCC. The van der Waals surface area contributed by atoms with Crippen LogP contribution in [-0.4, -0.2) is 140 Å². The van der Waals surface area contributed by atoms with Gasteiger partial charge in [0.2, 0.25) is 5.91 Å². The molecular weight excluding hydrogens is 943 g/mol. The maximum atomic E-state index is 13.2. The van der Waals surface area contributed by atoms with Gasteiger partial charge < -0.3 is 65.1 Å². The number of rotatable bonds is 45. The molecule has 0 aromatic rings. The number of amides is 1. The van der Waals surface area contributed by atoms with Crippen LogP contribution in [0.1, 0.15) is 206 Å². The van der Waals surface area contributed by atoms with Crippen LogP contribution in [0.5, 0.6) is 0 Å². The number of hydrogen-bond acceptors (Lipinski definition) is 13. The van der Waals surface area contributed by atoms with Crippen LogP contribution < -0.4 is 5.32 Å². The van der Waals surface area contributed by atoms with Gasteiger partial charge in [0.05, 0.1) is 32.0 Å². The van der Waals surface area contributed by atoms with Crippen molar-refractivity contribution >= 4 is 5.91 Å². The minimum absolute atomic E-state index is 0.260. The van der Waals surface area contributed by atoms with Gasteiger partial charge in [-0.05, 0) is 83.5 Å². The lowest BCUT2D eigenvalue weighted by atomic mass is 9.97. The van der Waals surface area contributed by atoms with Crippen molar-refractivity contribution in [3.63, 3.8) is 0 Å². The summed E-state index contributed by atoms with van der Waals surface area (Å²) >= 11 is 0. The lowest BCUT2D eigenvalue weighted by Crippen LogP contribution is -2.65. The smallest absolute Gasteiger partial charge is 0.220 e. The highest BCUT2D eigenvalue weighted by Gasteiger charge is 2.51. The average Bonchev–Trinajstić information content (AvgIpc) is 3.40. The third kappa shape index (κ3) is 31.0. The number of nitrogens with one attached hydrogen (secondary N) is 1. The number of allylic oxidation sites excluding steroid dienone is 11. The predicted molar refractivity (Wildman–Crippen MR) is 295 cm³/mol. The topological polar surface area (TPSA) is 228 Å². The Labute approximate surface area is 447 Å². The van der Waals surface area contributed by atoms with Crippen molar-refractivity contribution in [1.29, 1.82) is 0 Å². The second-order valence-corrected chi connectivity index (χ2v) is 20.4. The Kier molecular flexibility index (Phi) is 41.5. The third-order valence-electron chi connectivity index (χ3n) is 13.8. The molecule has 2 heterocycles. The molecule has 2 aliphatic heterocycles. The minimum atomic E-state index is -1.80. The minimum Gasteiger partial charge on any atom is -0.394 e. The van der Waals surface area contributed by atoms with Gasteiger partial charge in [-0.15, -0.1) is 0 Å². The first-order chi connectivity index (χ1) is 36.1. The molecule has 12 unspecified atom stereocenters. The molecule has 0 bridgehead atoms. The van der Waals surface area contributed by atoms with Crippen LogP contribution >= 0.6 is 0 Å². The first-order valence-electron chi connectivity index (χ1n) is 29.2. The molecule has 0 saturated carbocycles. The van der Waals surface area contributed by atoms with E-state index in [4.69, 9.17) is 18.9 Å². The molecule has 74 heavy (non-hydrogen) atoms. The number of hydrogen-bond donors (Lipinski definition) is 9. The van der Waals surface area contributed by atoms with Crippen molar-refractivity contribution in [1.82, 2.24) is 5.32 Å². The number of aliphatic hydroxyl groups excluding tert-OH is 8. The van der Waals surface area contributed by atoms with E-state index in [0.717, 1.165) is 64.2 Å². The van der Waals surface area contributed by atoms with E-state index in [1.54, 1.807) is 6.08 Å². The molecule has 12 atom stereocenters. The number of carbonyl (C=O) groups is 1. The van der Waals surface area contributed by atoms with Crippen molar-refractivity contribution in [2.45, 2.75) is 280 Å². The van der Waals surface area contributed by atoms with E-state index < -0.39 is 86.8 Å². The van der Waals surface area contributed by atoms with Gasteiger partial charge in [0.25, 0.3) is 0 Å². The van der Waals surface area contributed by atoms with Crippen molar-refractivity contribution in [2.75, 3.05) is 19.8 Å². The molecule has 428 valence electrons. The number of ether oxygens (including phenoxy) is 4. The number of unbranched alkanes of at least 4 members (excludes halogenated alkanes) is 22. The molecule has 0 aromatic heterocycles. The lowest BCUT2D eigenvalue weighted by molar-refractivity contribution is -0.359. The zero-order valence-corrected chi connectivity index (χ0v) is 45.8. The zero-order valence-electron chi connectivity index (χ0n) is 45.8. The first-order valence-corrected chi connectivity index (χ1v) is 29.2. The Hall–Kier alpha value is -2.57. The van der Waals surface area contributed by atoms with Crippen LogP contribution in [0, 0.1) is 0 Å². The fraction of sp³-hybridized carbons (Fsp3) is 0.783. The van der Waals surface area contributed by atoms with E-state index in [2.05, 4.69) is 79.9 Å². The van der Waals surface area contributed by atoms with Gasteiger partial charge in [-0.1, -0.05) is 189 Å². The van der Waals surface area contributed by atoms with Gasteiger partial charge in [0.15, 0.2) is 12.6 Å². The van der Waals surface area contributed by atoms with E-state index in [0.29, 0.717) is 12.8 Å². The molecule has 2 saturated heterocycles. The molecule has 1 amide bonds. The summed E-state index contributed by atoms with van der Waals surface area (Å²) in [6.45, 7) is 2.73. The zero-order chi connectivity index (χ0) is 53.9. The van der Waals surface area contributed by atoms with Gasteiger partial charge in [-0.3, -0.25) is 4.79 Å². The van der Waals surface area contributed by atoms with Crippen LogP contribution in [0.3, 0.4) is 0 Å². The Bertz CT molecular complexity index is 1520. The Morgan fingerprint density at radius 3 is 1.42 bits per heavy atom. The van der Waals surface area contributed by atoms with Crippen molar-refractivity contribution in [3.05, 3.63) is 72.9 Å². The normalized spacial score (nSPS) is 25.8. The number of aliphatic hydroxyl groups is 8. The highest BCUT2D eigenvalue weighted by molar-refractivity contribution is 5.76. The molecule has 0 aromatic carbocycles. The molecule has 2 aliphatic rings. The molecule has 14 heteroatoms. The Morgan fingerprint density at radius 1 is 0.486 bits per heavy atom. The highest BCUT2D eigenvalue weighted by Crippen LogP contribution is 2.30. The van der Waals surface area contributed by atoms with Crippen LogP contribution in [-0.2, 0) is 23.7 Å². The largest absolute Gasteiger partial charge is 0.394 e. The summed E-state index contributed by atoms with van der Waals surface area (Å²) in [5.41, 5.74) is 0. The van der Waals surface area contributed by atoms with E-state index >= 15 is 0 Å². The Morgan fingerprint density at radius 2 is 0.905 bits per heavy atom. The fourth-order valence-corrected chi connectivity index (χ4v) is 9.09. The quantitative estimate of drug-likeness (QED) is 0.0205. The molecule has 0 radical (unpaired) electrons. The second kappa shape index (κ2) is 45.4. The standard InChI is InChI=1S/C60H105NO13/c1-3-5-7-9-11-13-15-17-19-20-21-22-23-24-25-26-27-28-30-32-34-36-38-40-42-44-52(65)61-48(49(64)43-41-39-37-35-33-31-29-18-16-14-12-10-8-6-4-2)47-71-59-57(70)55(68)58(51(46-63)73-59)74-60-56(69)54(67)53(66)50(45-62)72-60/h15-18,20-21,23-24,33,35,41,43,48-51,53-60,62-64,66-70H,3-14,19,22,25-32,34,36-40,42,44-47H2,1-2H3,(H,61,65)/b17-15-,18-16+,21-20-,24-23-,35-33+,43-41+. The van der Waals surface area contributed by atoms with Crippen molar-refractivity contribution < 1.29 is 64.6 Å². The van der Waals surface area contributed by atoms with Crippen LogP contribution in [0.15, 0.2) is 72.9 Å². The summed E-state index contributed by atoms with van der Waals surface area (Å²) in [4.78, 5) is 13.2. The van der Waals surface area contributed by atoms with Gasteiger partial charge in [0.1, 0.15) is 48.8 Å². The monoisotopic (exact) mass is 1050 g/mol. The predicted octanol–water partition coefficient (Wildman–Crippen LogP) is 9.55. The van der Waals surface area contributed by atoms with E-state index in [9.17, 15) is 45.6 Å². The number of carbonyl (C=O) groups excluding carboxylic acids is 1. The van der Waals surface area contributed by atoms with Crippen molar-refractivity contribution in [2.24, 2.45) is 0 Å². The molecule has 2 rings (SSSR count). The summed E-state index contributed by atoms with van der Waals surface area (Å²) in [5.74, 6) is -0.260. The second-order valence-electron chi connectivity index (χ2n) is 20.4.